The van der Waals surface area contributed by atoms with Crippen molar-refractivity contribution in [3.8, 4) is 17.2 Å². The van der Waals surface area contributed by atoms with Crippen LogP contribution in [0.2, 0.25) is 0 Å². The standard InChI is InChI=1S/C17H17ClO3/c1-2-20-17-9-8-14(12-15(17)16(19)10-11-18)21-13-6-4-3-5-7-13/h3-9,12H,2,10-11H2,1H3. The Hall–Kier alpha value is -2.00. The summed E-state index contributed by atoms with van der Waals surface area (Å²) in [4.78, 5) is 12.1. The van der Waals surface area contributed by atoms with E-state index in [9.17, 15) is 4.79 Å². The number of carbonyl (C=O) groups is 1. The van der Waals surface area contributed by atoms with Gasteiger partial charge in [-0.3, -0.25) is 4.79 Å². The monoisotopic (exact) mass is 304 g/mol. The van der Waals surface area contributed by atoms with E-state index in [1.165, 1.54) is 0 Å². The molecule has 4 heteroatoms. The Morgan fingerprint density at radius 3 is 2.52 bits per heavy atom. The van der Waals surface area contributed by atoms with E-state index < -0.39 is 0 Å². The van der Waals surface area contributed by atoms with Crippen LogP contribution in [0.3, 0.4) is 0 Å². The van der Waals surface area contributed by atoms with Crippen molar-refractivity contribution in [1.82, 2.24) is 0 Å². The normalized spacial score (nSPS) is 10.2. The van der Waals surface area contributed by atoms with Gasteiger partial charge in [-0.2, -0.15) is 0 Å². The van der Waals surface area contributed by atoms with Crippen LogP contribution in [-0.4, -0.2) is 18.3 Å². The van der Waals surface area contributed by atoms with Crippen LogP contribution >= 0.6 is 11.6 Å². The van der Waals surface area contributed by atoms with Crippen molar-refractivity contribution in [2.45, 2.75) is 13.3 Å². The fraction of sp³-hybridized carbons (Fsp3) is 0.235. The smallest absolute Gasteiger partial charge is 0.167 e. The molecule has 2 aromatic carbocycles. The van der Waals surface area contributed by atoms with Crippen molar-refractivity contribution in [2.75, 3.05) is 12.5 Å². The lowest BCUT2D eigenvalue weighted by Crippen LogP contribution is -2.05. The van der Waals surface area contributed by atoms with Crippen molar-refractivity contribution >= 4 is 17.4 Å². The zero-order valence-corrected chi connectivity index (χ0v) is 12.6. The largest absolute Gasteiger partial charge is 0.493 e. The molecule has 2 rings (SSSR count). The van der Waals surface area contributed by atoms with Gasteiger partial charge in [-0.05, 0) is 37.3 Å². The Kier molecular flexibility index (Phi) is 5.64. The van der Waals surface area contributed by atoms with Crippen molar-refractivity contribution < 1.29 is 14.3 Å². The number of para-hydroxylation sites is 1. The first-order valence-corrected chi connectivity index (χ1v) is 7.37. The van der Waals surface area contributed by atoms with Gasteiger partial charge >= 0.3 is 0 Å². The van der Waals surface area contributed by atoms with Gasteiger partial charge in [0.1, 0.15) is 17.2 Å². The summed E-state index contributed by atoms with van der Waals surface area (Å²) in [6, 6.07) is 14.7. The first-order chi connectivity index (χ1) is 10.2. The zero-order chi connectivity index (χ0) is 15.1. The van der Waals surface area contributed by atoms with E-state index in [0.29, 0.717) is 23.7 Å². The summed E-state index contributed by atoms with van der Waals surface area (Å²) in [5.41, 5.74) is 0.505. The predicted molar refractivity (Wildman–Crippen MR) is 83.8 cm³/mol. The third-order valence-corrected chi connectivity index (χ3v) is 3.04. The Bertz CT molecular complexity index is 596. The number of alkyl halides is 1. The van der Waals surface area contributed by atoms with Gasteiger partial charge in [0.2, 0.25) is 0 Å². The summed E-state index contributed by atoms with van der Waals surface area (Å²) in [5, 5.41) is 0. The molecule has 0 radical (unpaired) electrons. The van der Waals surface area contributed by atoms with Gasteiger partial charge in [-0.15, -0.1) is 11.6 Å². The van der Waals surface area contributed by atoms with Crippen LogP contribution in [0.25, 0.3) is 0 Å². The van der Waals surface area contributed by atoms with Gasteiger partial charge in [0.05, 0.1) is 12.2 Å². The second-order valence-electron chi connectivity index (χ2n) is 4.37. The van der Waals surface area contributed by atoms with Gasteiger partial charge in [-0.25, -0.2) is 0 Å². The van der Waals surface area contributed by atoms with E-state index in [1.54, 1.807) is 18.2 Å². The minimum atomic E-state index is -0.0491. The summed E-state index contributed by atoms with van der Waals surface area (Å²) < 4.78 is 11.2. The first-order valence-electron chi connectivity index (χ1n) is 6.83. The molecule has 0 bridgehead atoms. The van der Waals surface area contributed by atoms with Crippen molar-refractivity contribution in [3.63, 3.8) is 0 Å². The number of Topliss-reactive ketones (excluding diaryl/α,β-unsaturated/α-hetero) is 1. The van der Waals surface area contributed by atoms with Gasteiger partial charge in [0, 0.05) is 12.3 Å². The molecule has 2 aromatic rings. The quantitative estimate of drug-likeness (QED) is 0.550. The van der Waals surface area contributed by atoms with Gasteiger partial charge in [0.25, 0.3) is 0 Å². The molecule has 0 saturated carbocycles. The maximum atomic E-state index is 12.1. The molecule has 0 aliphatic rings. The van der Waals surface area contributed by atoms with E-state index >= 15 is 0 Å². The van der Waals surface area contributed by atoms with Crippen LogP contribution in [0.4, 0.5) is 0 Å². The van der Waals surface area contributed by atoms with Crippen LogP contribution < -0.4 is 9.47 Å². The summed E-state index contributed by atoms with van der Waals surface area (Å²) in [5.74, 6) is 2.12. The van der Waals surface area contributed by atoms with E-state index in [0.717, 1.165) is 5.75 Å². The SMILES string of the molecule is CCOc1ccc(Oc2ccccc2)cc1C(=O)CCCl. The molecule has 0 unspecified atom stereocenters. The Morgan fingerprint density at radius 2 is 1.86 bits per heavy atom. The third-order valence-electron chi connectivity index (χ3n) is 2.85. The molecule has 0 aromatic heterocycles. The fourth-order valence-electron chi connectivity index (χ4n) is 1.92. The van der Waals surface area contributed by atoms with E-state index in [2.05, 4.69) is 0 Å². The minimum absolute atomic E-state index is 0.0491. The highest BCUT2D eigenvalue weighted by Gasteiger charge is 2.14. The number of ketones is 1. The summed E-state index contributed by atoms with van der Waals surface area (Å²) in [7, 11) is 0. The highest BCUT2D eigenvalue weighted by Crippen LogP contribution is 2.28. The second kappa shape index (κ2) is 7.70. The molecule has 0 saturated heterocycles. The summed E-state index contributed by atoms with van der Waals surface area (Å²) >= 11 is 5.65. The topological polar surface area (TPSA) is 35.5 Å². The summed E-state index contributed by atoms with van der Waals surface area (Å²) in [6.07, 6.45) is 0.274. The molecule has 0 amide bonds. The van der Waals surface area contributed by atoms with Gasteiger partial charge in [-0.1, -0.05) is 18.2 Å². The molecule has 0 aliphatic heterocycles. The lowest BCUT2D eigenvalue weighted by molar-refractivity contribution is 0.0985. The number of benzene rings is 2. The average molecular weight is 305 g/mol. The minimum Gasteiger partial charge on any atom is -0.493 e. The number of carbonyl (C=O) groups excluding carboxylic acids is 1. The lowest BCUT2D eigenvalue weighted by Gasteiger charge is -2.12. The Morgan fingerprint density at radius 1 is 1.10 bits per heavy atom. The number of rotatable bonds is 7. The molecular weight excluding hydrogens is 288 g/mol. The zero-order valence-electron chi connectivity index (χ0n) is 11.8. The van der Waals surface area contributed by atoms with Crippen LogP contribution in [0.1, 0.15) is 23.7 Å². The molecular formula is C17H17ClO3. The molecule has 0 atom stereocenters. The number of ether oxygens (including phenoxy) is 2. The maximum Gasteiger partial charge on any atom is 0.167 e. The van der Waals surface area contributed by atoms with Crippen molar-refractivity contribution in [3.05, 3.63) is 54.1 Å². The molecule has 0 aliphatic carbocycles. The number of hydrogen-bond acceptors (Lipinski definition) is 3. The Labute approximate surface area is 129 Å². The molecule has 0 heterocycles. The lowest BCUT2D eigenvalue weighted by atomic mass is 10.1. The molecule has 21 heavy (non-hydrogen) atoms. The maximum absolute atomic E-state index is 12.1. The van der Waals surface area contributed by atoms with E-state index in [1.807, 2.05) is 37.3 Å². The molecule has 3 nitrogen and oxygen atoms in total. The van der Waals surface area contributed by atoms with E-state index in [4.69, 9.17) is 21.1 Å². The third kappa shape index (κ3) is 4.23. The fourth-order valence-corrected chi connectivity index (χ4v) is 2.09. The van der Waals surface area contributed by atoms with E-state index in [-0.39, 0.29) is 18.1 Å². The highest BCUT2D eigenvalue weighted by atomic mass is 35.5. The van der Waals surface area contributed by atoms with Crippen LogP contribution in [0.5, 0.6) is 17.2 Å². The molecule has 110 valence electrons. The average Bonchev–Trinajstić information content (AvgIpc) is 2.50. The molecule has 0 N–H and O–H groups in total. The van der Waals surface area contributed by atoms with Crippen LogP contribution in [0, 0.1) is 0 Å². The van der Waals surface area contributed by atoms with Crippen LogP contribution in [0.15, 0.2) is 48.5 Å². The van der Waals surface area contributed by atoms with Crippen molar-refractivity contribution in [2.24, 2.45) is 0 Å². The highest BCUT2D eigenvalue weighted by molar-refractivity contribution is 6.19. The first kappa shape index (κ1) is 15.4. The van der Waals surface area contributed by atoms with Gasteiger partial charge < -0.3 is 9.47 Å². The summed E-state index contributed by atoms with van der Waals surface area (Å²) in [6.45, 7) is 2.38. The number of halogens is 1. The number of hydrogen-bond donors (Lipinski definition) is 0. The Balaban J connectivity index is 2.27. The van der Waals surface area contributed by atoms with Gasteiger partial charge in [0.15, 0.2) is 5.78 Å². The molecule has 0 spiro atoms. The molecule has 0 fully saturated rings. The second-order valence-corrected chi connectivity index (χ2v) is 4.75. The van der Waals surface area contributed by atoms with Crippen LogP contribution in [-0.2, 0) is 0 Å². The predicted octanol–water partition coefficient (Wildman–Crippen LogP) is 4.69. The van der Waals surface area contributed by atoms with Crippen molar-refractivity contribution in [1.29, 1.82) is 0 Å².